The molecule has 0 radical (unpaired) electrons. The molecule has 2 heterocycles. The van der Waals surface area contributed by atoms with E-state index in [9.17, 15) is 30.6 Å². The first-order chi connectivity index (χ1) is 16.3. The average Bonchev–Trinajstić information content (AvgIpc) is 2.85. The standard InChI is InChI=1S/C21H32O13/c1-28-9-30-19-15(25)14(24)12(7-22)32-21(19)34-18-13(8-23)33-20(17(27)16(18)26)31-11-5-3-10(29-2)4-6-11/h3-6,12-27H,7-9H2,1-2H3/t12-,13-,14+,15+,16-,17-,18+,19-,20-,21-/m1/s1. The fraction of sp³-hybridized carbons (Fsp3) is 0.714. The smallest absolute Gasteiger partial charge is 0.229 e. The van der Waals surface area contributed by atoms with Gasteiger partial charge in [-0.3, -0.25) is 0 Å². The topological polar surface area (TPSA) is 186 Å². The van der Waals surface area contributed by atoms with Gasteiger partial charge in [-0.05, 0) is 24.3 Å². The minimum absolute atomic E-state index is 0.283. The zero-order chi connectivity index (χ0) is 24.8. The first-order valence-electron chi connectivity index (χ1n) is 10.7. The highest BCUT2D eigenvalue weighted by Gasteiger charge is 2.51. The van der Waals surface area contributed by atoms with Gasteiger partial charge in [0.2, 0.25) is 6.29 Å². The van der Waals surface area contributed by atoms with E-state index in [0.717, 1.165) is 0 Å². The molecular formula is C21H32O13. The Morgan fingerprint density at radius 2 is 1.32 bits per heavy atom. The van der Waals surface area contributed by atoms with Crippen molar-refractivity contribution in [3.05, 3.63) is 24.3 Å². The molecule has 2 aliphatic rings. The van der Waals surface area contributed by atoms with Crippen LogP contribution in [0.5, 0.6) is 11.5 Å². The van der Waals surface area contributed by atoms with Crippen LogP contribution in [0.1, 0.15) is 0 Å². The van der Waals surface area contributed by atoms with Crippen LogP contribution in [-0.4, -0.2) is 126 Å². The Hall–Kier alpha value is -1.62. The predicted octanol–water partition coefficient (Wildman–Crippen LogP) is -2.67. The second-order valence-electron chi connectivity index (χ2n) is 7.85. The second kappa shape index (κ2) is 12.4. The molecule has 2 aliphatic heterocycles. The monoisotopic (exact) mass is 492 g/mol. The number of benzene rings is 1. The fourth-order valence-corrected chi connectivity index (χ4v) is 3.75. The maximum absolute atomic E-state index is 10.8. The third-order valence-corrected chi connectivity index (χ3v) is 5.63. The van der Waals surface area contributed by atoms with Crippen LogP contribution in [0.4, 0.5) is 0 Å². The van der Waals surface area contributed by atoms with Crippen LogP contribution >= 0.6 is 0 Å². The van der Waals surface area contributed by atoms with Gasteiger partial charge in [-0.1, -0.05) is 0 Å². The van der Waals surface area contributed by atoms with Crippen LogP contribution in [0.25, 0.3) is 0 Å². The molecule has 34 heavy (non-hydrogen) atoms. The van der Waals surface area contributed by atoms with Gasteiger partial charge in [0.25, 0.3) is 0 Å². The molecule has 1 aromatic carbocycles. The maximum atomic E-state index is 10.8. The number of methoxy groups -OCH3 is 2. The van der Waals surface area contributed by atoms with Gasteiger partial charge < -0.3 is 63.8 Å². The van der Waals surface area contributed by atoms with Crippen LogP contribution in [0.15, 0.2) is 24.3 Å². The van der Waals surface area contributed by atoms with E-state index >= 15 is 0 Å². The third-order valence-electron chi connectivity index (χ3n) is 5.63. The minimum Gasteiger partial charge on any atom is -0.497 e. The Kier molecular flexibility index (Phi) is 9.82. The summed E-state index contributed by atoms with van der Waals surface area (Å²) in [5.41, 5.74) is 0. The summed E-state index contributed by atoms with van der Waals surface area (Å²) in [7, 11) is 2.86. The molecular weight excluding hydrogens is 460 g/mol. The molecule has 0 saturated carbocycles. The lowest BCUT2D eigenvalue weighted by molar-refractivity contribution is -0.361. The van der Waals surface area contributed by atoms with E-state index in [1.165, 1.54) is 14.2 Å². The highest BCUT2D eigenvalue weighted by molar-refractivity contribution is 5.31. The van der Waals surface area contributed by atoms with Crippen molar-refractivity contribution in [2.75, 3.05) is 34.2 Å². The Labute approximate surface area is 195 Å². The van der Waals surface area contributed by atoms with Gasteiger partial charge in [0.05, 0.1) is 20.3 Å². The Balaban J connectivity index is 1.73. The summed E-state index contributed by atoms with van der Waals surface area (Å²) in [6.45, 7) is -1.54. The second-order valence-corrected chi connectivity index (χ2v) is 7.85. The van der Waals surface area contributed by atoms with Crippen molar-refractivity contribution in [1.29, 1.82) is 0 Å². The number of hydrogen-bond acceptors (Lipinski definition) is 13. The highest BCUT2D eigenvalue weighted by Crippen LogP contribution is 2.31. The van der Waals surface area contributed by atoms with Crippen molar-refractivity contribution in [2.45, 2.75) is 61.4 Å². The summed E-state index contributed by atoms with van der Waals surface area (Å²) in [6.07, 6.45) is -14.0. The molecule has 0 spiro atoms. The number of aliphatic hydroxyl groups excluding tert-OH is 6. The van der Waals surface area contributed by atoms with E-state index in [-0.39, 0.29) is 6.79 Å². The summed E-state index contributed by atoms with van der Waals surface area (Å²) < 4.78 is 37.8. The number of ether oxygens (including phenoxy) is 7. The average molecular weight is 492 g/mol. The lowest BCUT2D eigenvalue weighted by atomic mass is 9.97. The Bertz CT molecular complexity index is 732. The van der Waals surface area contributed by atoms with Crippen LogP contribution in [0.2, 0.25) is 0 Å². The molecule has 3 rings (SSSR count). The molecule has 1 aromatic rings. The minimum atomic E-state index is -1.61. The first-order valence-corrected chi connectivity index (χ1v) is 10.7. The first kappa shape index (κ1) is 27.0. The SMILES string of the molecule is COCO[C@H]1[C@@H](O[C@@H]2[C@H](O)[C@@H](O)[C@H](Oc3ccc(OC)cc3)O[C@@H]2CO)O[C@H](CO)[C@H](O)[C@@H]1O. The van der Waals surface area contributed by atoms with Crippen molar-refractivity contribution in [3.63, 3.8) is 0 Å². The van der Waals surface area contributed by atoms with Crippen LogP contribution in [-0.2, 0) is 23.7 Å². The van der Waals surface area contributed by atoms with Gasteiger partial charge in [0.1, 0.15) is 67.1 Å². The van der Waals surface area contributed by atoms with Crippen molar-refractivity contribution in [3.8, 4) is 11.5 Å². The highest BCUT2D eigenvalue weighted by atomic mass is 16.8. The molecule has 2 fully saturated rings. The summed E-state index contributed by atoms with van der Waals surface area (Å²) in [6, 6.07) is 6.42. The normalized spacial score (nSPS) is 38.5. The number of rotatable bonds is 10. The molecule has 0 bridgehead atoms. The lowest BCUT2D eigenvalue weighted by Gasteiger charge is -2.46. The van der Waals surface area contributed by atoms with Crippen LogP contribution < -0.4 is 9.47 Å². The molecule has 13 nitrogen and oxygen atoms in total. The molecule has 194 valence electrons. The van der Waals surface area contributed by atoms with E-state index in [1.807, 2.05) is 0 Å². The molecule has 2 saturated heterocycles. The number of aliphatic hydroxyl groups is 6. The van der Waals surface area contributed by atoms with Crippen LogP contribution in [0, 0.1) is 0 Å². The van der Waals surface area contributed by atoms with Gasteiger partial charge in [-0.25, -0.2) is 0 Å². The Morgan fingerprint density at radius 1 is 0.735 bits per heavy atom. The van der Waals surface area contributed by atoms with Gasteiger partial charge in [-0.2, -0.15) is 0 Å². The van der Waals surface area contributed by atoms with Crippen LogP contribution in [0.3, 0.4) is 0 Å². The van der Waals surface area contributed by atoms with Gasteiger partial charge in [0, 0.05) is 7.11 Å². The molecule has 6 N–H and O–H groups in total. The summed E-state index contributed by atoms with van der Waals surface area (Å²) in [5.74, 6) is 0.907. The molecule has 0 amide bonds. The molecule has 0 aromatic heterocycles. The van der Waals surface area contributed by atoms with Crippen molar-refractivity contribution in [1.82, 2.24) is 0 Å². The fourth-order valence-electron chi connectivity index (χ4n) is 3.75. The zero-order valence-corrected chi connectivity index (χ0v) is 18.7. The van der Waals surface area contributed by atoms with Gasteiger partial charge >= 0.3 is 0 Å². The van der Waals surface area contributed by atoms with Crippen molar-refractivity contribution < 1.29 is 63.8 Å². The predicted molar refractivity (Wildman–Crippen MR) is 111 cm³/mol. The van der Waals surface area contributed by atoms with Crippen molar-refractivity contribution in [2.24, 2.45) is 0 Å². The summed E-state index contributed by atoms with van der Waals surface area (Å²) in [4.78, 5) is 0. The maximum Gasteiger partial charge on any atom is 0.229 e. The van der Waals surface area contributed by atoms with E-state index in [1.54, 1.807) is 24.3 Å². The van der Waals surface area contributed by atoms with E-state index in [4.69, 9.17) is 33.2 Å². The zero-order valence-electron chi connectivity index (χ0n) is 18.7. The quantitative estimate of drug-likeness (QED) is 0.186. The Morgan fingerprint density at radius 3 is 1.91 bits per heavy atom. The molecule has 10 atom stereocenters. The van der Waals surface area contributed by atoms with E-state index in [0.29, 0.717) is 11.5 Å². The molecule has 0 aliphatic carbocycles. The van der Waals surface area contributed by atoms with E-state index in [2.05, 4.69) is 0 Å². The van der Waals surface area contributed by atoms with Gasteiger partial charge in [-0.15, -0.1) is 0 Å². The summed E-state index contributed by atoms with van der Waals surface area (Å²) >= 11 is 0. The third kappa shape index (κ3) is 5.95. The molecule has 13 heteroatoms. The largest absolute Gasteiger partial charge is 0.497 e. The van der Waals surface area contributed by atoms with E-state index < -0.39 is 74.6 Å². The number of hydrogen-bond donors (Lipinski definition) is 6. The lowest BCUT2D eigenvalue weighted by Crippen LogP contribution is -2.65. The van der Waals surface area contributed by atoms with Crippen molar-refractivity contribution >= 4 is 0 Å². The molecule has 0 unspecified atom stereocenters. The summed E-state index contributed by atoms with van der Waals surface area (Å²) in [5, 5.41) is 61.3. The van der Waals surface area contributed by atoms with Gasteiger partial charge in [0.15, 0.2) is 6.29 Å².